The molecule has 3 aromatic rings. The third-order valence-corrected chi connectivity index (χ3v) is 4.81. The second-order valence-corrected chi connectivity index (χ2v) is 6.12. The van der Waals surface area contributed by atoms with Crippen LogP contribution in [0.25, 0.3) is 10.9 Å². The normalized spacial score (nSPS) is 22.5. The lowest BCUT2D eigenvalue weighted by atomic mass is 9.76. The third kappa shape index (κ3) is 2.42. The lowest BCUT2D eigenvalue weighted by molar-refractivity contribution is 0.345. The molecule has 1 unspecified atom stereocenters. The Balaban J connectivity index is 0.000000177. The van der Waals surface area contributed by atoms with Gasteiger partial charge in [-0.25, -0.2) is 0 Å². The van der Waals surface area contributed by atoms with E-state index in [0.29, 0.717) is 6.04 Å². The minimum atomic E-state index is 0.669. The van der Waals surface area contributed by atoms with Gasteiger partial charge in [-0.15, -0.1) is 0 Å². The van der Waals surface area contributed by atoms with Crippen LogP contribution in [0, 0.1) is 0 Å². The van der Waals surface area contributed by atoms with E-state index >= 15 is 0 Å². The summed E-state index contributed by atoms with van der Waals surface area (Å²) in [4.78, 5) is 7.19. The highest BCUT2D eigenvalue weighted by molar-refractivity contribution is 5.88. The van der Waals surface area contributed by atoms with Crippen molar-refractivity contribution in [2.75, 3.05) is 6.54 Å². The second kappa shape index (κ2) is 5.93. The topological polar surface area (TPSA) is 40.7 Å². The molecule has 0 radical (unpaired) electrons. The van der Waals surface area contributed by atoms with Crippen LogP contribution >= 0.6 is 0 Å². The molecule has 3 heteroatoms. The van der Waals surface area contributed by atoms with E-state index in [2.05, 4.69) is 39.7 Å². The van der Waals surface area contributed by atoms with Gasteiger partial charge in [0, 0.05) is 41.5 Å². The monoisotopic (exact) mass is 291 g/mol. The number of hydrogen-bond acceptors (Lipinski definition) is 2. The number of hydrogen-bond donors (Lipinski definition) is 2. The Morgan fingerprint density at radius 3 is 2.73 bits per heavy atom. The second-order valence-electron chi connectivity index (χ2n) is 6.12. The van der Waals surface area contributed by atoms with Gasteiger partial charge in [-0.2, -0.15) is 0 Å². The van der Waals surface area contributed by atoms with E-state index in [9.17, 15) is 0 Å². The van der Waals surface area contributed by atoms with Crippen molar-refractivity contribution in [3.63, 3.8) is 0 Å². The van der Waals surface area contributed by atoms with E-state index in [1.807, 2.05) is 18.2 Å². The summed E-state index contributed by atoms with van der Waals surface area (Å²) in [6.07, 6.45) is 9.56. The molecule has 1 aromatic carbocycles. The Morgan fingerprint density at radius 1 is 1.05 bits per heavy atom. The van der Waals surface area contributed by atoms with Crippen LogP contribution < -0.4 is 5.32 Å². The van der Waals surface area contributed by atoms with E-state index in [1.165, 1.54) is 42.3 Å². The SMILES string of the molecule is c1cc2c3c(c[nH]c3c1)C[C@H]1NCCCC21.c1ccncc1. The van der Waals surface area contributed by atoms with Crippen LogP contribution in [0.1, 0.15) is 29.9 Å². The number of aromatic amines is 1. The molecule has 1 aliphatic heterocycles. The summed E-state index contributed by atoms with van der Waals surface area (Å²) in [5, 5.41) is 5.19. The molecule has 2 aliphatic rings. The highest BCUT2D eigenvalue weighted by Gasteiger charge is 2.32. The molecule has 3 heterocycles. The van der Waals surface area contributed by atoms with Gasteiger partial charge in [-0.05, 0) is 55.1 Å². The standard InChI is InChI=1S/C14H16N2.C5H5N/c1-3-11-10-4-2-6-15-13(10)7-9-8-16-12(5-1)14(9)11;1-2-4-6-5-3-1/h1,3,5,8,10,13,15-16H,2,4,6-7H2;1-5H/t10?,13-;/m1./s1. The highest BCUT2D eigenvalue weighted by atomic mass is 14.9. The predicted molar refractivity (Wildman–Crippen MR) is 90.0 cm³/mol. The maximum atomic E-state index is 3.78. The molecule has 1 saturated heterocycles. The van der Waals surface area contributed by atoms with Gasteiger partial charge < -0.3 is 10.3 Å². The lowest BCUT2D eigenvalue weighted by Crippen LogP contribution is -2.43. The molecular weight excluding hydrogens is 270 g/mol. The first kappa shape index (κ1) is 13.5. The molecule has 112 valence electrons. The summed E-state index contributed by atoms with van der Waals surface area (Å²) in [7, 11) is 0. The maximum Gasteiger partial charge on any atom is 0.0459 e. The molecule has 3 nitrogen and oxygen atoms in total. The maximum absolute atomic E-state index is 3.78. The molecule has 2 N–H and O–H groups in total. The largest absolute Gasteiger partial charge is 0.361 e. The number of fused-ring (bicyclic) bond motifs is 2. The molecule has 1 fully saturated rings. The first-order chi connectivity index (χ1) is 10.9. The van der Waals surface area contributed by atoms with Crippen molar-refractivity contribution in [1.29, 1.82) is 0 Å². The average Bonchev–Trinajstić information content (AvgIpc) is 3.02. The summed E-state index contributed by atoms with van der Waals surface area (Å²) in [6.45, 7) is 1.19. The number of aromatic nitrogens is 2. The van der Waals surface area contributed by atoms with E-state index < -0.39 is 0 Å². The molecule has 2 atom stereocenters. The molecular formula is C19H21N3. The van der Waals surface area contributed by atoms with Gasteiger partial charge in [-0.1, -0.05) is 18.2 Å². The Kier molecular flexibility index (Phi) is 3.65. The number of piperidine rings is 1. The molecule has 2 aromatic heterocycles. The quantitative estimate of drug-likeness (QED) is 0.664. The fourth-order valence-electron chi connectivity index (χ4n) is 3.84. The van der Waals surface area contributed by atoms with Gasteiger partial charge in [0.25, 0.3) is 0 Å². The van der Waals surface area contributed by atoms with E-state index in [4.69, 9.17) is 0 Å². The number of nitrogens with zero attached hydrogens (tertiary/aromatic N) is 1. The first-order valence-corrected chi connectivity index (χ1v) is 8.11. The summed E-state index contributed by atoms with van der Waals surface area (Å²) in [6, 6.07) is 13.1. The zero-order valence-corrected chi connectivity index (χ0v) is 12.6. The molecule has 0 spiro atoms. The first-order valence-electron chi connectivity index (χ1n) is 8.11. The van der Waals surface area contributed by atoms with Gasteiger partial charge in [0.15, 0.2) is 0 Å². The highest BCUT2D eigenvalue weighted by Crippen LogP contribution is 2.40. The van der Waals surface area contributed by atoms with Crippen LogP contribution in [-0.2, 0) is 6.42 Å². The van der Waals surface area contributed by atoms with Gasteiger partial charge in [0.2, 0.25) is 0 Å². The minimum Gasteiger partial charge on any atom is -0.361 e. The summed E-state index contributed by atoms with van der Waals surface area (Å²) >= 11 is 0. The van der Waals surface area contributed by atoms with Gasteiger partial charge >= 0.3 is 0 Å². The smallest absolute Gasteiger partial charge is 0.0459 e. The van der Waals surface area contributed by atoms with E-state index in [-0.39, 0.29) is 0 Å². The van der Waals surface area contributed by atoms with Crippen molar-refractivity contribution in [3.05, 3.63) is 66.1 Å². The van der Waals surface area contributed by atoms with Gasteiger partial charge in [0.1, 0.15) is 0 Å². The van der Waals surface area contributed by atoms with Crippen LogP contribution in [0.4, 0.5) is 0 Å². The predicted octanol–water partition coefficient (Wildman–Crippen LogP) is 3.64. The Bertz CT molecular complexity index is 721. The fraction of sp³-hybridized carbons (Fsp3) is 0.316. The Morgan fingerprint density at radius 2 is 1.95 bits per heavy atom. The average molecular weight is 291 g/mol. The molecule has 1 aliphatic carbocycles. The van der Waals surface area contributed by atoms with Crippen LogP contribution in [0.5, 0.6) is 0 Å². The van der Waals surface area contributed by atoms with Crippen molar-refractivity contribution >= 4 is 10.9 Å². The molecule has 0 amide bonds. The summed E-state index contributed by atoms with van der Waals surface area (Å²) in [5.74, 6) is 0.737. The molecule has 0 bridgehead atoms. The zero-order chi connectivity index (χ0) is 14.8. The van der Waals surface area contributed by atoms with E-state index in [0.717, 1.165) is 5.92 Å². The summed E-state index contributed by atoms with van der Waals surface area (Å²) < 4.78 is 0. The van der Waals surface area contributed by atoms with Crippen LogP contribution in [0.15, 0.2) is 55.0 Å². The Labute approximate surface area is 130 Å². The summed E-state index contributed by atoms with van der Waals surface area (Å²) in [5.41, 5.74) is 4.38. The van der Waals surface area contributed by atoms with E-state index in [1.54, 1.807) is 18.0 Å². The van der Waals surface area contributed by atoms with Crippen molar-refractivity contribution in [2.45, 2.75) is 31.2 Å². The third-order valence-electron chi connectivity index (χ3n) is 4.81. The molecule has 0 saturated carbocycles. The number of benzene rings is 1. The Hall–Kier alpha value is -2.13. The van der Waals surface area contributed by atoms with Crippen molar-refractivity contribution in [2.24, 2.45) is 0 Å². The van der Waals surface area contributed by atoms with Crippen molar-refractivity contribution in [3.8, 4) is 0 Å². The number of rotatable bonds is 0. The zero-order valence-electron chi connectivity index (χ0n) is 12.6. The van der Waals surface area contributed by atoms with Gasteiger partial charge in [0.05, 0.1) is 0 Å². The van der Waals surface area contributed by atoms with Crippen LogP contribution in [0.2, 0.25) is 0 Å². The minimum absolute atomic E-state index is 0.669. The van der Waals surface area contributed by atoms with Crippen molar-refractivity contribution in [1.82, 2.24) is 15.3 Å². The van der Waals surface area contributed by atoms with Crippen molar-refractivity contribution < 1.29 is 0 Å². The lowest BCUT2D eigenvalue weighted by Gasteiger charge is -2.36. The molecule has 22 heavy (non-hydrogen) atoms. The van der Waals surface area contributed by atoms with Crippen LogP contribution in [-0.4, -0.2) is 22.6 Å². The number of nitrogens with one attached hydrogen (secondary N) is 2. The number of H-pyrrole nitrogens is 1. The number of pyridine rings is 1. The van der Waals surface area contributed by atoms with Crippen LogP contribution in [0.3, 0.4) is 0 Å². The molecule has 5 rings (SSSR count). The fourth-order valence-corrected chi connectivity index (χ4v) is 3.84. The van der Waals surface area contributed by atoms with Gasteiger partial charge in [-0.3, -0.25) is 4.98 Å².